The van der Waals surface area contributed by atoms with E-state index in [2.05, 4.69) is 15.2 Å². The minimum absolute atomic E-state index is 0.171. The summed E-state index contributed by atoms with van der Waals surface area (Å²) < 4.78 is 37.1. The van der Waals surface area contributed by atoms with Gasteiger partial charge in [-0.3, -0.25) is 0 Å². The fourth-order valence-corrected chi connectivity index (χ4v) is 2.33. The van der Waals surface area contributed by atoms with Gasteiger partial charge in [-0.15, -0.1) is 0 Å². The van der Waals surface area contributed by atoms with Crippen LogP contribution in [0.1, 0.15) is 24.8 Å². The highest BCUT2D eigenvalue weighted by Crippen LogP contribution is 2.28. The Morgan fingerprint density at radius 2 is 2.00 bits per heavy atom. The molecule has 1 fully saturated rings. The van der Waals surface area contributed by atoms with Gasteiger partial charge in [-0.1, -0.05) is 0 Å². The quantitative estimate of drug-likeness (QED) is 0.820. The van der Waals surface area contributed by atoms with E-state index in [1.165, 1.54) is 6.07 Å². The van der Waals surface area contributed by atoms with Crippen LogP contribution in [0.15, 0.2) is 18.3 Å². The van der Waals surface area contributed by atoms with Gasteiger partial charge >= 0.3 is 6.18 Å². The van der Waals surface area contributed by atoms with E-state index in [1.54, 1.807) is 0 Å². The largest absolute Gasteiger partial charge is 0.417 e. The van der Waals surface area contributed by atoms with Gasteiger partial charge in [-0.05, 0) is 37.9 Å². The van der Waals surface area contributed by atoms with Crippen molar-refractivity contribution in [1.29, 1.82) is 0 Å². The normalized spacial score (nSPS) is 17.9. The smallest absolute Gasteiger partial charge is 0.393 e. The van der Waals surface area contributed by atoms with E-state index in [9.17, 15) is 18.3 Å². The summed E-state index contributed by atoms with van der Waals surface area (Å²) in [7, 11) is 0. The molecule has 2 heterocycles. The molecule has 0 atom stereocenters. The third-order valence-corrected chi connectivity index (χ3v) is 3.61. The number of hydrogen-bond acceptors (Lipinski definition) is 4. The van der Waals surface area contributed by atoms with Crippen LogP contribution in [-0.4, -0.2) is 47.3 Å². The molecule has 7 heteroatoms. The molecule has 21 heavy (non-hydrogen) atoms. The summed E-state index contributed by atoms with van der Waals surface area (Å²) in [6.07, 6.45) is -1.16. The van der Waals surface area contributed by atoms with Gasteiger partial charge in [0.15, 0.2) is 0 Å². The monoisotopic (exact) mass is 303 g/mol. The maximum absolute atomic E-state index is 12.4. The molecule has 1 saturated heterocycles. The Bertz CT molecular complexity index is 428. The molecule has 0 amide bonds. The molecule has 1 aliphatic rings. The van der Waals surface area contributed by atoms with Gasteiger partial charge in [0, 0.05) is 25.8 Å². The Hall–Kier alpha value is -1.34. The van der Waals surface area contributed by atoms with Crippen LogP contribution in [0, 0.1) is 0 Å². The van der Waals surface area contributed by atoms with Crippen LogP contribution in [0.2, 0.25) is 0 Å². The van der Waals surface area contributed by atoms with E-state index < -0.39 is 11.7 Å². The zero-order valence-electron chi connectivity index (χ0n) is 11.7. The number of nitrogens with one attached hydrogen (secondary N) is 1. The third-order valence-electron chi connectivity index (χ3n) is 3.61. The van der Waals surface area contributed by atoms with Crippen LogP contribution in [0.5, 0.6) is 0 Å². The van der Waals surface area contributed by atoms with Crippen LogP contribution < -0.4 is 5.32 Å². The molecule has 0 aliphatic carbocycles. The molecule has 2 N–H and O–H groups in total. The summed E-state index contributed by atoms with van der Waals surface area (Å²) in [5.41, 5.74) is -0.736. The van der Waals surface area contributed by atoms with Gasteiger partial charge in [0.1, 0.15) is 5.82 Å². The second kappa shape index (κ2) is 7.09. The van der Waals surface area contributed by atoms with Crippen molar-refractivity contribution in [3.8, 4) is 0 Å². The number of hydrogen-bond donors (Lipinski definition) is 2. The van der Waals surface area contributed by atoms with E-state index in [0.717, 1.165) is 51.2 Å². The number of alkyl halides is 3. The lowest BCUT2D eigenvalue weighted by Gasteiger charge is -2.29. The third kappa shape index (κ3) is 5.17. The molecule has 0 bridgehead atoms. The van der Waals surface area contributed by atoms with Gasteiger partial charge in [0.25, 0.3) is 0 Å². The van der Waals surface area contributed by atoms with E-state index in [-0.39, 0.29) is 6.10 Å². The van der Waals surface area contributed by atoms with E-state index >= 15 is 0 Å². The molecule has 1 aliphatic heterocycles. The number of aromatic nitrogens is 1. The van der Waals surface area contributed by atoms with Crippen LogP contribution >= 0.6 is 0 Å². The van der Waals surface area contributed by atoms with Crippen molar-refractivity contribution in [3.05, 3.63) is 23.9 Å². The molecule has 1 aromatic rings. The fourth-order valence-electron chi connectivity index (χ4n) is 2.33. The minimum atomic E-state index is -4.34. The molecular weight excluding hydrogens is 283 g/mol. The highest BCUT2D eigenvalue weighted by Gasteiger charge is 2.30. The summed E-state index contributed by atoms with van der Waals surface area (Å²) >= 11 is 0. The number of pyridine rings is 1. The van der Waals surface area contributed by atoms with E-state index in [4.69, 9.17) is 0 Å². The first-order chi connectivity index (χ1) is 9.95. The summed E-state index contributed by atoms with van der Waals surface area (Å²) in [6, 6.07) is 2.38. The topological polar surface area (TPSA) is 48.4 Å². The van der Waals surface area contributed by atoms with Crippen molar-refractivity contribution in [2.75, 3.05) is 31.5 Å². The summed E-state index contributed by atoms with van der Waals surface area (Å²) in [5.74, 6) is 0.456. The van der Waals surface area contributed by atoms with Crippen molar-refractivity contribution < 1.29 is 18.3 Å². The maximum atomic E-state index is 12.4. The number of aliphatic hydroxyl groups excluding tert-OH is 1. The molecule has 0 unspecified atom stereocenters. The first-order valence-electron chi connectivity index (χ1n) is 7.13. The Morgan fingerprint density at radius 1 is 1.29 bits per heavy atom. The number of aliphatic hydroxyl groups is 1. The zero-order chi connectivity index (χ0) is 15.3. The average molecular weight is 303 g/mol. The lowest BCUT2D eigenvalue weighted by atomic mass is 10.1. The van der Waals surface area contributed by atoms with Crippen molar-refractivity contribution >= 4 is 5.82 Å². The zero-order valence-corrected chi connectivity index (χ0v) is 11.7. The predicted octanol–water partition coefficient (Wildman–Crippen LogP) is 2.36. The number of anilines is 1. The minimum Gasteiger partial charge on any atom is -0.393 e. The lowest BCUT2D eigenvalue weighted by molar-refractivity contribution is -0.137. The summed E-state index contributed by atoms with van der Waals surface area (Å²) in [4.78, 5) is 6.05. The molecule has 0 spiro atoms. The van der Waals surface area contributed by atoms with Gasteiger partial charge in [0.05, 0.1) is 11.7 Å². The highest BCUT2D eigenvalue weighted by atomic mass is 19.4. The fraction of sp³-hybridized carbons (Fsp3) is 0.643. The van der Waals surface area contributed by atoms with Crippen molar-refractivity contribution in [1.82, 2.24) is 9.88 Å². The SMILES string of the molecule is OC1CCN(CCCNc2ccc(C(F)(F)F)cn2)CC1. The number of nitrogens with zero attached hydrogens (tertiary/aromatic N) is 2. The van der Waals surface area contributed by atoms with Gasteiger partial charge in [0.2, 0.25) is 0 Å². The van der Waals surface area contributed by atoms with Crippen LogP contribution in [0.3, 0.4) is 0 Å². The van der Waals surface area contributed by atoms with Gasteiger partial charge in [-0.2, -0.15) is 13.2 Å². The molecule has 0 radical (unpaired) electrons. The standard InChI is InChI=1S/C14H20F3N3O/c15-14(16,17)11-2-3-13(19-10-11)18-6-1-7-20-8-4-12(21)5-9-20/h2-3,10,12,21H,1,4-9H2,(H,18,19). The average Bonchev–Trinajstić information content (AvgIpc) is 2.45. The Labute approximate surface area is 122 Å². The number of rotatable bonds is 5. The summed E-state index contributed by atoms with van der Waals surface area (Å²) in [5, 5.41) is 12.4. The van der Waals surface area contributed by atoms with Crippen LogP contribution in [0.25, 0.3) is 0 Å². The molecule has 0 aromatic carbocycles. The second-order valence-electron chi connectivity index (χ2n) is 5.28. The molecule has 4 nitrogen and oxygen atoms in total. The predicted molar refractivity (Wildman–Crippen MR) is 74.0 cm³/mol. The second-order valence-corrected chi connectivity index (χ2v) is 5.28. The molecule has 1 aromatic heterocycles. The first-order valence-corrected chi connectivity index (χ1v) is 7.13. The van der Waals surface area contributed by atoms with Crippen molar-refractivity contribution in [2.45, 2.75) is 31.5 Å². The number of likely N-dealkylation sites (tertiary alicyclic amines) is 1. The highest BCUT2D eigenvalue weighted by molar-refractivity contribution is 5.35. The van der Waals surface area contributed by atoms with Crippen LogP contribution in [0.4, 0.5) is 19.0 Å². The molecule has 0 saturated carbocycles. The van der Waals surface area contributed by atoms with Crippen molar-refractivity contribution in [3.63, 3.8) is 0 Å². The molecule has 118 valence electrons. The maximum Gasteiger partial charge on any atom is 0.417 e. The molecular formula is C14H20F3N3O. The Balaban J connectivity index is 1.67. The molecule has 2 rings (SSSR count). The lowest BCUT2D eigenvalue weighted by Crippen LogP contribution is -2.36. The Kier molecular flexibility index (Phi) is 5.41. The van der Waals surface area contributed by atoms with E-state index in [0.29, 0.717) is 12.4 Å². The first kappa shape index (κ1) is 16.0. The van der Waals surface area contributed by atoms with Crippen molar-refractivity contribution in [2.24, 2.45) is 0 Å². The van der Waals surface area contributed by atoms with Gasteiger partial charge in [-0.25, -0.2) is 4.98 Å². The summed E-state index contributed by atoms with van der Waals surface area (Å²) in [6.45, 7) is 3.39. The number of piperidine rings is 1. The van der Waals surface area contributed by atoms with E-state index in [1.807, 2.05) is 0 Å². The van der Waals surface area contributed by atoms with Gasteiger partial charge < -0.3 is 15.3 Å². The number of halogens is 3. The van der Waals surface area contributed by atoms with Crippen LogP contribution in [-0.2, 0) is 6.18 Å². The Morgan fingerprint density at radius 3 is 2.57 bits per heavy atom.